The summed E-state index contributed by atoms with van der Waals surface area (Å²) in [5.41, 5.74) is 6.58. The van der Waals surface area contributed by atoms with E-state index in [0.29, 0.717) is 0 Å². The van der Waals surface area contributed by atoms with Gasteiger partial charge in [-0.2, -0.15) is 0 Å². The summed E-state index contributed by atoms with van der Waals surface area (Å²) in [5, 5.41) is 0. The molecule has 11 heavy (non-hydrogen) atoms. The molecule has 2 nitrogen and oxygen atoms in total. The highest BCUT2D eigenvalue weighted by atomic mass is 35.5. The summed E-state index contributed by atoms with van der Waals surface area (Å²) in [6.45, 7) is 0. The number of nitrogens with two attached hydrogens (primary N) is 1. The van der Waals surface area contributed by atoms with Crippen molar-refractivity contribution in [3.05, 3.63) is 35.9 Å². The normalized spacial score (nSPS) is 11.8. The number of rotatable bonds is 2. The van der Waals surface area contributed by atoms with E-state index in [1.807, 2.05) is 30.3 Å². The van der Waals surface area contributed by atoms with Crippen molar-refractivity contribution in [2.75, 3.05) is 7.11 Å². The Hall–Kier alpha value is -0.570. The third-order valence-electron chi connectivity index (χ3n) is 1.38. The van der Waals surface area contributed by atoms with Gasteiger partial charge in [0, 0.05) is 7.11 Å². The first kappa shape index (κ1) is 10.4. The number of methoxy groups -OCH3 is 1. The fraction of sp³-hybridized carbons (Fsp3) is 0.250. The van der Waals surface area contributed by atoms with Crippen LogP contribution in [0.2, 0.25) is 0 Å². The summed E-state index contributed by atoms with van der Waals surface area (Å²) in [6, 6.07) is 9.70. The van der Waals surface area contributed by atoms with Crippen LogP contribution in [0.15, 0.2) is 30.3 Å². The Morgan fingerprint density at radius 1 is 1.27 bits per heavy atom. The van der Waals surface area contributed by atoms with Crippen molar-refractivity contribution in [2.24, 2.45) is 5.73 Å². The zero-order chi connectivity index (χ0) is 7.40. The molecule has 3 heteroatoms. The van der Waals surface area contributed by atoms with Crippen molar-refractivity contribution in [2.45, 2.75) is 6.23 Å². The molecule has 0 aliphatic heterocycles. The highest BCUT2D eigenvalue weighted by molar-refractivity contribution is 5.85. The maximum absolute atomic E-state index is 5.57. The number of halogens is 1. The molecule has 0 radical (unpaired) electrons. The van der Waals surface area contributed by atoms with Crippen molar-refractivity contribution >= 4 is 12.4 Å². The Kier molecular flexibility index (Phi) is 4.86. The molecule has 62 valence electrons. The molecule has 0 aliphatic carbocycles. The number of ether oxygens (including phenoxy) is 1. The van der Waals surface area contributed by atoms with Gasteiger partial charge >= 0.3 is 0 Å². The molecule has 1 unspecified atom stereocenters. The third-order valence-corrected chi connectivity index (χ3v) is 1.38. The molecule has 0 spiro atoms. The predicted molar refractivity (Wildman–Crippen MR) is 47.6 cm³/mol. The van der Waals surface area contributed by atoms with Crippen LogP contribution in [0.4, 0.5) is 0 Å². The lowest BCUT2D eigenvalue weighted by molar-refractivity contribution is 0.109. The smallest absolute Gasteiger partial charge is 0.131 e. The third kappa shape index (κ3) is 2.89. The average Bonchev–Trinajstić information content (AvgIpc) is 2.05. The Bertz CT molecular complexity index is 191. The first-order valence-corrected chi connectivity index (χ1v) is 3.18. The molecule has 0 bridgehead atoms. The van der Waals surface area contributed by atoms with Crippen LogP contribution < -0.4 is 5.73 Å². The van der Waals surface area contributed by atoms with Gasteiger partial charge in [-0.1, -0.05) is 30.3 Å². The second-order valence-corrected chi connectivity index (χ2v) is 2.07. The number of hydrogen-bond acceptors (Lipinski definition) is 2. The summed E-state index contributed by atoms with van der Waals surface area (Å²) in [7, 11) is 1.59. The van der Waals surface area contributed by atoms with Gasteiger partial charge < -0.3 is 10.5 Å². The minimum atomic E-state index is -0.291. The van der Waals surface area contributed by atoms with E-state index in [-0.39, 0.29) is 18.6 Å². The lowest BCUT2D eigenvalue weighted by Crippen LogP contribution is -2.11. The number of hydrogen-bond donors (Lipinski definition) is 1. The van der Waals surface area contributed by atoms with Crippen LogP contribution in [0.5, 0.6) is 0 Å². The summed E-state index contributed by atoms with van der Waals surface area (Å²) in [6.07, 6.45) is -0.291. The number of benzene rings is 1. The minimum absolute atomic E-state index is 0. The van der Waals surface area contributed by atoms with Crippen LogP contribution in [0, 0.1) is 0 Å². The topological polar surface area (TPSA) is 35.2 Å². The molecule has 1 rings (SSSR count). The van der Waals surface area contributed by atoms with Crippen molar-refractivity contribution in [1.82, 2.24) is 0 Å². The first-order valence-electron chi connectivity index (χ1n) is 3.18. The molecule has 0 heterocycles. The Labute approximate surface area is 72.8 Å². The maximum atomic E-state index is 5.57. The Morgan fingerprint density at radius 3 is 2.27 bits per heavy atom. The average molecular weight is 174 g/mol. The van der Waals surface area contributed by atoms with Gasteiger partial charge in [-0.15, -0.1) is 12.4 Å². The molecular weight excluding hydrogens is 162 g/mol. The SMILES string of the molecule is COC(N)c1ccccc1.Cl. The van der Waals surface area contributed by atoms with Crippen LogP contribution in [0.3, 0.4) is 0 Å². The van der Waals surface area contributed by atoms with E-state index in [2.05, 4.69) is 0 Å². The van der Waals surface area contributed by atoms with E-state index < -0.39 is 0 Å². The lowest BCUT2D eigenvalue weighted by atomic mass is 10.2. The quantitative estimate of drug-likeness (QED) is 0.692. The van der Waals surface area contributed by atoms with Gasteiger partial charge in [0.25, 0.3) is 0 Å². The largest absolute Gasteiger partial charge is 0.363 e. The van der Waals surface area contributed by atoms with Gasteiger partial charge in [-0.3, -0.25) is 0 Å². The summed E-state index contributed by atoms with van der Waals surface area (Å²) < 4.78 is 4.91. The van der Waals surface area contributed by atoms with Crippen molar-refractivity contribution in [3.8, 4) is 0 Å². The van der Waals surface area contributed by atoms with Gasteiger partial charge in [0.05, 0.1) is 0 Å². The zero-order valence-corrected chi connectivity index (χ0v) is 7.17. The molecule has 0 saturated heterocycles. The molecule has 0 amide bonds. The van der Waals surface area contributed by atoms with Crippen LogP contribution in [0.25, 0.3) is 0 Å². The Morgan fingerprint density at radius 2 is 1.82 bits per heavy atom. The molecule has 0 aliphatic rings. The van der Waals surface area contributed by atoms with E-state index in [9.17, 15) is 0 Å². The standard InChI is InChI=1S/C8H11NO.ClH/c1-10-8(9)7-5-3-2-4-6-7;/h2-6,8H,9H2,1H3;1H. The van der Waals surface area contributed by atoms with E-state index in [1.165, 1.54) is 0 Å². The molecule has 2 N–H and O–H groups in total. The van der Waals surface area contributed by atoms with E-state index in [0.717, 1.165) is 5.56 Å². The van der Waals surface area contributed by atoms with Gasteiger partial charge in [-0.25, -0.2) is 0 Å². The van der Waals surface area contributed by atoms with Crippen LogP contribution in [0.1, 0.15) is 11.8 Å². The minimum Gasteiger partial charge on any atom is -0.363 e. The van der Waals surface area contributed by atoms with Crippen molar-refractivity contribution in [1.29, 1.82) is 0 Å². The van der Waals surface area contributed by atoms with Gasteiger partial charge in [-0.05, 0) is 5.56 Å². The second kappa shape index (κ2) is 5.13. The molecule has 1 aromatic rings. The van der Waals surface area contributed by atoms with Crippen molar-refractivity contribution < 1.29 is 4.74 Å². The van der Waals surface area contributed by atoms with Crippen molar-refractivity contribution in [3.63, 3.8) is 0 Å². The molecule has 1 aromatic carbocycles. The lowest BCUT2D eigenvalue weighted by Gasteiger charge is -2.07. The molecular formula is C8H12ClNO. The zero-order valence-electron chi connectivity index (χ0n) is 6.36. The highest BCUT2D eigenvalue weighted by Gasteiger charge is 1.99. The summed E-state index contributed by atoms with van der Waals surface area (Å²) >= 11 is 0. The van der Waals surface area contributed by atoms with E-state index in [1.54, 1.807) is 7.11 Å². The fourth-order valence-electron chi connectivity index (χ4n) is 0.779. The maximum Gasteiger partial charge on any atom is 0.131 e. The van der Waals surface area contributed by atoms with E-state index in [4.69, 9.17) is 10.5 Å². The molecule has 0 aromatic heterocycles. The molecule has 0 saturated carbocycles. The van der Waals surface area contributed by atoms with Crippen LogP contribution in [-0.4, -0.2) is 7.11 Å². The van der Waals surface area contributed by atoms with Crippen LogP contribution >= 0.6 is 12.4 Å². The van der Waals surface area contributed by atoms with Gasteiger partial charge in [0.15, 0.2) is 0 Å². The highest BCUT2D eigenvalue weighted by Crippen LogP contribution is 2.08. The second-order valence-electron chi connectivity index (χ2n) is 2.07. The predicted octanol–water partition coefficient (Wildman–Crippen LogP) is 1.71. The van der Waals surface area contributed by atoms with Gasteiger partial charge in [0.1, 0.15) is 6.23 Å². The molecule has 1 atom stereocenters. The summed E-state index contributed by atoms with van der Waals surface area (Å²) in [4.78, 5) is 0. The monoisotopic (exact) mass is 173 g/mol. The van der Waals surface area contributed by atoms with Crippen LogP contribution in [-0.2, 0) is 4.74 Å². The first-order chi connectivity index (χ1) is 4.84. The summed E-state index contributed by atoms with van der Waals surface area (Å²) in [5.74, 6) is 0. The van der Waals surface area contributed by atoms with Gasteiger partial charge in [0.2, 0.25) is 0 Å². The fourth-order valence-corrected chi connectivity index (χ4v) is 0.779. The van der Waals surface area contributed by atoms with E-state index >= 15 is 0 Å². The molecule has 0 fully saturated rings. The Balaban J connectivity index is 0.000001000.